The summed E-state index contributed by atoms with van der Waals surface area (Å²) in [6.07, 6.45) is 0. The van der Waals surface area contributed by atoms with Crippen molar-refractivity contribution < 1.29 is 0 Å². The Morgan fingerprint density at radius 3 is 1.37 bits per heavy atom. The fraction of sp³-hybridized carbons (Fsp3) is 0. The zero-order valence-electron chi connectivity index (χ0n) is 38.7. The summed E-state index contributed by atoms with van der Waals surface area (Å²) in [4.78, 5) is 2.38. The third-order valence-electron chi connectivity index (χ3n) is 14.4. The van der Waals surface area contributed by atoms with Crippen LogP contribution in [0.2, 0.25) is 0 Å². The Morgan fingerprint density at radius 1 is 0.268 bits per heavy atom. The number of thiophene rings is 1. The van der Waals surface area contributed by atoms with E-state index in [0.29, 0.717) is 0 Å². The molecule has 0 aliphatic heterocycles. The Kier molecular flexibility index (Phi) is 9.75. The Hall–Kier alpha value is -9.02. The second-order valence-electron chi connectivity index (χ2n) is 18.4. The molecule has 0 atom stereocenters. The second-order valence-corrected chi connectivity index (χ2v) is 19.5. The quantitative estimate of drug-likeness (QED) is 0.147. The first-order valence-corrected chi connectivity index (χ1v) is 25.1. The first-order chi connectivity index (χ1) is 35.2. The first kappa shape index (κ1) is 41.0. The molecule has 12 aromatic carbocycles. The smallest absolute Gasteiger partial charge is 0.0541 e. The van der Waals surface area contributed by atoms with E-state index in [2.05, 4.69) is 276 Å². The van der Waals surface area contributed by atoms with Crippen LogP contribution in [0, 0.1) is 0 Å². The summed E-state index contributed by atoms with van der Waals surface area (Å²) in [5, 5.41) is 10.2. The van der Waals surface area contributed by atoms with E-state index in [9.17, 15) is 0 Å². The number of fused-ring (bicyclic) bond motifs is 9. The average molecular weight is 921 g/mol. The molecule has 0 radical (unpaired) electrons. The summed E-state index contributed by atoms with van der Waals surface area (Å²) in [5.74, 6) is 0. The van der Waals surface area contributed by atoms with Crippen molar-refractivity contribution in [2.75, 3.05) is 4.90 Å². The molecule has 0 amide bonds. The fourth-order valence-corrected chi connectivity index (χ4v) is 12.3. The van der Waals surface area contributed by atoms with Gasteiger partial charge in [0.2, 0.25) is 0 Å². The molecule has 71 heavy (non-hydrogen) atoms. The van der Waals surface area contributed by atoms with Crippen LogP contribution in [0.25, 0.3) is 114 Å². The van der Waals surface area contributed by atoms with E-state index in [-0.39, 0.29) is 0 Å². The summed E-state index contributed by atoms with van der Waals surface area (Å²) < 4.78 is 5.09. The van der Waals surface area contributed by atoms with Gasteiger partial charge in [0.1, 0.15) is 0 Å². The highest BCUT2D eigenvalue weighted by Gasteiger charge is 2.19. The van der Waals surface area contributed by atoms with Crippen molar-refractivity contribution in [2.24, 2.45) is 0 Å². The normalized spacial score (nSPS) is 11.7. The lowest BCUT2D eigenvalue weighted by molar-refractivity contribution is 1.18. The number of benzene rings is 12. The van der Waals surface area contributed by atoms with E-state index in [1.807, 2.05) is 11.3 Å². The summed E-state index contributed by atoms with van der Waals surface area (Å²) >= 11 is 1.90. The molecule has 332 valence electrons. The molecule has 3 heteroatoms. The van der Waals surface area contributed by atoms with Gasteiger partial charge in [-0.05, 0) is 121 Å². The monoisotopic (exact) mass is 920 g/mol. The summed E-state index contributed by atoms with van der Waals surface area (Å²) in [6.45, 7) is 0. The lowest BCUT2D eigenvalue weighted by atomic mass is 9.98. The van der Waals surface area contributed by atoms with Crippen LogP contribution in [0.4, 0.5) is 17.1 Å². The third-order valence-corrected chi connectivity index (χ3v) is 15.7. The Bertz CT molecular complexity index is 4260. The highest BCUT2D eigenvalue weighted by atomic mass is 32.1. The van der Waals surface area contributed by atoms with Crippen LogP contribution >= 0.6 is 11.3 Å². The van der Waals surface area contributed by atoms with Gasteiger partial charge in [0.25, 0.3) is 0 Å². The van der Waals surface area contributed by atoms with Crippen LogP contribution in [0.15, 0.2) is 267 Å². The molecule has 2 nitrogen and oxygen atoms in total. The highest BCUT2D eigenvalue weighted by Crippen LogP contribution is 2.45. The Balaban J connectivity index is 0.841. The highest BCUT2D eigenvalue weighted by molar-refractivity contribution is 7.27. The molecule has 2 aromatic heterocycles. The van der Waals surface area contributed by atoms with Gasteiger partial charge >= 0.3 is 0 Å². The summed E-state index contributed by atoms with van der Waals surface area (Å²) in [5.41, 5.74) is 16.4. The van der Waals surface area contributed by atoms with Gasteiger partial charge < -0.3 is 9.47 Å². The predicted molar refractivity (Wildman–Crippen MR) is 305 cm³/mol. The minimum Gasteiger partial charge on any atom is -0.311 e. The summed E-state index contributed by atoms with van der Waals surface area (Å²) in [6, 6.07) is 97.8. The van der Waals surface area contributed by atoms with Crippen molar-refractivity contribution in [3.05, 3.63) is 267 Å². The maximum atomic E-state index is 2.42. The topological polar surface area (TPSA) is 8.17 Å². The van der Waals surface area contributed by atoms with E-state index < -0.39 is 0 Å². The molecular weight excluding hydrogens is 877 g/mol. The van der Waals surface area contributed by atoms with Gasteiger partial charge in [-0.3, -0.25) is 0 Å². The van der Waals surface area contributed by atoms with Gasteiger partial charge in [-0.25, -0.2) is 0 Å². The van der Waals surface area contributed by atoms with Gasteiger partial charge in [0.15, 0.2) is 0 Å². The molecule has 14 rings (SSSR count). The molecule has 0 aliphatic rings. The number of aromatic nitrogens is 1. The van der Waals surface area contributed by atoms with Crippen LogP contribution in [0.1, 0.15) is 0 Å². The number of hydrogen-bond acceptors (Lipinski definition) is 2. The van der Waals surface area contributed by atoms with Crippen molar-refractivity contribution in [3.63, 3.8) is 0 Å². The Morgan fingerprint density at radius 2 is 0.704 bits per heavy atom. The van der Waals surface area contributed by atoms with Crippen molar-refractivity contribution in [1.29, 1.82) is 0 Å². The van der Waals surface area contributed by atoms with Crippen molar-refractivity contribution in [1.82, 2.24) is 4.57 Å². The molecule has 0 spiro atoms. The lowest BCUT2D eigenvalue weighted by Crippen LogP contribution is -2.09. The number of anilines is 3. The molecule has 14 aromatic rings. The van der Waals surface area contributed by atoms with Crippen molar-refractivity contribution in [3.8, 4) is 50.2 Å². The predicted octanol–water partition coefficient (Wildman–Crippen LogP) is 19.6. The zero-order chi connectivity index (χ0) is 46.8. The lowest BCUT2D eigenvalue weighted by Gasteiger charge is -2.26. The minimum atomic E-state index is 1.09. The van der Waals surface area contributed by atoms with Gasteiger partial charge in [-0.15, -0.1) is 11.3 Å². The molecule has 0 fully saturated rings. The molecule has 0 bridgehead atoms. The Labute approximate surface area is 416 Å². The van der Waals surface area contributed by atoms with E-state index >= 15 is 0 Å². The van der Waals surface area contributed by atoms with Crippen molar-refractivity contribution in [2.45, 2.75) is 0 Å². The number of rotatable bonds is 8. The molecule has 0 saturated heterocycles. The number of nitrogens with zero attached hydrogens (tertiary/aromatic N) is 2. The van der Waals surface area contributed by atoms with Gasteiger partial charge in [0, 0.05) is 53.6 Å². The maximum Gasteiger partial charge on any atom is 0.0541 e. The largest absolute Gasteiger partial charge is 0.311 e. The molecule has 0 N–H and O–H groups in total. The standard InChI is InChI=1S/C68H44N2S/c1-2-14-52-44-53(29-28-45(52)12-1)48-26-24-46(25-27-48)47-30-37-54(38-31-47)69(56-41-34-51(35-42-56)59-19-11-20-62-63-43-36-49-13-3-4-16-58(49)68(63)71-67(59)62)55-39-32-50(33-40-55)57-15-5-8-21-64(57)70-65-22-9-6-17-60(65)61-18-7-10-23-66(61)70/h1-44H. The SMILES string of the molecule is c1ccc(-n2c3ccccc3c3ccccc32)c(-c2ccc(N(c3ccc(-c4ccc(-c5ccc6ccccc6c5)cc4)cc3)c3ccc(-c4cccc5c4sc4c6ccccc6ccc54)cc3)cc2)c1. The minimum absolute atomic E-state index is 1.09. The maximum absolute atomic E-state index is 2.42. The van der Waals surface area contributed by atoms with Crippen molar-refractivity contribution >= 4 is 91.9 Å². The van der Waals surface area contributed by atoms with Gasteiger partial charge in [-0.2, -0.15) is 0 Å². The second kappa shape index (κ2) is 16.9. The van der Waals surface area contributed by atoms with Gasteiger partial charge in [-0.1, -0.05) is 206 Å². The molecular formula is C68H44N2S. The average Bonchev–Trinajstić information content (AvgIpc) is 4.00. The molecule has 0 saturated carbocycles. The molecule has 2 heterocycles. The zero-order valence-corrected chi connectivity index (χ0v) is 39.5. The van der Waals surface area contributed by atoms with Gasteiger partial charge in [0.05, 0.1) is 16.7 Å². The van der Waals surface area contributed by atoms with E-state index in [1.165, 1.54) is 102 Å². The van der Waals surface area contributed by atoms with Crippen LogP contribution < -0.4 is 4.90 Å². The van der Waals surface area contributed by atoms with Crippen LogP contribution in [-0.2, 0) is 0 Å². The summed E-state index contributed by atoms with van der Waals surface area (Å²) in [7, 11) is 0. The number of hydrogen-bond donors (Lipinski definition) is 0. The molecule has 0 unspecified atom stereocenters. The van der Waals surface area contributed by atoms with E-state index in [1.54, 1.807) is 0 Å². The van der Waals surface area contributed by atoms with Crippen LogP contribution in [-0.4, -0.2) is 4.57 Å². The van der Waals surface area contributed by atoms with Crippen LogP contribution in [0.3, 0.4) is 0 Å². The van der Waals surface area contributed by atoms with E-state index in [4.69, 9.17) is 0 Å². The first-order valence-electron chi connectivity index (χ1n) is 24.3. The molecule has 0 aliphatic carbocycles. The number of para-hydroxylation sites is 3. The third kappa shape index (κ3) is 7.01. The van der Waals surface area contributed by atoms with Crippen LogP contribution in [0.5, 0.6) is 0 Å². The fourth-order valence-electron chi connectivity index (χ4n) is 10.9. The van der Waals surface area contributed by atoms with E-state index in [0.717, 1.165) is 28.3 Å².